The molecule has 122 valence electrons. The minimum Gasteiger partial charge on any atom is -0.358 e. The molecule has 0 aliphatic carbocycles. The standard InChI is InChI=1S/C18H19N5O/c24-18(22-13-6-8-19-9-7-13)14-10-20-15-11-21-17(23-16(14)15)12-4-2-1-3-5-12/h1-5,10-11,13,19-20H,6-9H2,(H,22,24). The van der Waals surface area contributed by atoms with Crippen molar-refractivity contribution in [2.45, 2.75) is 18.9 Å². The second kappa shape index (κ2) is 6.41. The van der Waals surface area contributed by atoms with E-state index in [1.54, 1.807) is 12.4 Å². The number of fused-ring (bicyclic) bond motifs is 1. The van der Waals surface area contributed by atoms with Gasteiger partial charge in [-0.3, -0.25) is 4.79 Å². The molecule has 0 unspecified atom stereocenters. The first-order valence-corrected chi connectivity index (χ1v) is 8.22. The van der Waals surface area contributed by atoms with Crippen molar-refractivity contribution in [3.8, 4) is 11.4 Å². The minimum absolute atomic E-state index is 0.0779. The number of aromatic nitrogens is 3. The van der Waals surface area contributed by atoms with E-state index in [0.717, 1.165) is 37.0 Å². The first-order valence-electron chi connectivity index (χ1n) is 8.22. The number of rotatable bonds is 3. The molecule has 1 amide bonds. The van der Waals surface area contributed by atoms with E-state index < -0.39 is 0 Å². The smallest absolute Gasteiger partial charge is 0.255 e. The Bertz CT molecular complexity index is 852. The third-order valence-corrected chi connectivity index (χ3v) is 4.37. The van der Waals surface area contributed by atoms with Gasteiger partial charge in [0.1, 0.15) is 5.52 Å². The number of nitrogens with one attached hydrogen (secondary N) is 3. The van der Waals surface area contributed by atoms with Crippen LogP contribution in [0.2, 0.25) is 0 Å². The van der Waals surface area contributed by atoms with Crippen molar-refractivity contribution < 1.29 is 4.79 Å². The lowest BCUT2D eigenvalue weighted by Gasteiger charge is -2.23. The largest absolute Gasteiger partial charge is 0.358 e. The average molecular weight is 321 g/mol. The monoisotopic (exact) mass is 321 g/mol. The number of benzene rings is 1. The van der Waals surface area contributed by atoms with Crippen LogP contribution in [0.3, 0.4) is 0 Å². The van der Waals surface area contributed by atoms with E-state index in [1.807, 2.05) is 30.3 Å². The number of aromatic amines is 1. The predicted octanol–water partition coefficient (Wildman–Crippen LogP) is 2.11. The van der Waals surface area contributed by atoms with Gasteiger partial charge in [0.15, 0.2) is 5.82 Å². The van der Waals surface area contributed by atoms with Crippen molar-refractivity contribution >= 4 is 16.9 Å². The molecule has 0 radical (unpaired) electrons. The van der Waals surface area contributed by atoms with Crippen LogP contribution in [0.4, 0.5) is 0 Å². The average Bonchev–Trinajstić information content (AvgIpc) is 3.06. The summed E-state index contributed by atoms with van der Waals surface area (Å²) in [6, 6.07) is 10.00. The highest BCUT2D eigenvalue weighted by atomic mass is 16.1. The number of nitrogens with zero attached hydrogens (tertiary/aromatic N) is 2. The van der Waals surface area contributed by atoms with E-state index in [9.17, 15) is 4.79 Å². The van der Waals surface area contributed by atoms with Gasteiger partial charge in [-0.2, -0.15) is 0 Å². The number of carbonyl (C=O) groups is 1. The van der Waals surface area contributed by atoms with Gasteiger partial charge in [-0.05, 0) is 25.9 Å². The molecule has 0 bridgehead atoms. The molecule has 24 heavy (non-hydrogen) atoms. The Kier molecular flexibility index (Phi) is 3.96. The van der Waals surface area contributed by atoms with Gasteiger partial charge in [-0.1, -0.05) is 30.3 Å². The fourth-order valence-corrected chi connectivity index (χ4v) is 3.04. The Hall–Kier alpha value is -2.73. The van der Waals surface area contributed by atoms with Crippen LogP contribution in [0.5, 0.6) is 0 Å². The second-order valence-corrected chi connectivity index (χ2v) is 6.02. The highest BCUT2D eigenvalue weighted by Crippen LogP contribution is 2.20. The number of H-pyrrole nitrogens is 1. The number of hydrogen-bond acceptors (Lipinski definition) is 4. The Morgan fingerprint density at radius 2 is 1.96 bits per heavy atom. The molecule has 3 heterocycles. The summed E-state index contributed by atoms with van der Waals surface area (Å²) in [6.07, 6.45) is 5.35. The predicted molar refractivity (Wildman–Crippen MR) is 92.7 cm³/mol. The maximum absolute atomic E-state index is 12.6. The highest BCUT2D eigenvalue weighted by molar-refractivity contribution is 6.05. The zero-order chi connectivity index (χ0) is 16.4. The summed E-state index contributed by atoms with van der Waals surface area (Å²) < 4.78 is 0. The fraction of sp³-hybridized carbons (Fsp3) is 0.278. The van der Waals surface area contributed by atoms with Crippen molar-refractivity contribution in [1.29, 1.82) is 0 Å². The number of carbonyl (C=O) groups excluding carboxylic acids is 1. The molecule has 1 aromatic carbocycles. The number of piperidine rings is 1. The van der Waals surface area contributed by atoms with Gasteiger partial charge in [0.05, 0.1) is 17.3 Å². The van der Waals surface area contributed by atoms with Crippen LogP contribution in [-0.4, -0.2) is 40.0 Å². The van der Waals surface area contributed by atoms with Gasteiger partial charge in [0.2, 0.25) is 0 Å². The molecule has 3 aromatic rings. The van der Waals surface area contributed by atoms with Crippen LogP contribution in [-0.2, 0) is 0 Å². The lowest BCUT2D eigenvalue weighted by atomic mass is 10.1. The summed E-state index contributed by atoms with van der Waals surface area (Å²) in [5, 5.41) is 6.41. The molecule has 6 nitrogen and oxygen atoms in total. The van der Waals surface area contributed by atoms with Gasteiger partial charge in [-0.25, -0.2) is 9.97 Å². The minimum atomic E-state index is -0.0779. The molecule has 6 heteroatoms. The quantitative estimate of drug-likeness (QED) is 0.690. The second-order valence-electron chi connectivity index (χ2n) is 6.02. The molecule has 3 N–H and O–H groups in total. The zero-order valence-corrected chi connectivity index (χ0v) is 13.2. The molecule has 1 aliphatic rings. The number of amides is 1. The van der Waals surface area contributed by atoms with E-state index in [-0.39, 0.29) is 11.9 Å². The lowest BCUT2D eigenvalue weighted by molar-refractivity contribution is 0.0931. The normalized spacial score (nSPS) is 15.5. The molecule has 0 saturated carbocycles. The Balaban J connectivity index is 1.64. The van der Waals surface area contributed by atoms with E-state index in [1.165, 1.54) is 0 Å². The molecule has 4 rings (SSSR count). The van der Waals surface area contributed by atoms with Crippen molar-refractivity contribution in [1.82, 2.24) is 25.6 Å². The van der Waals surface area contributed by atoms with Gasteiger partial charge in [0.25, 0.3) is 5.91 Å². The summed E-state index contributed by atoms with van der Waals surface area (Å²) in [5.41, 5.74) is 2.94. The molecule has 1 aliphatic heterocycles. The molecule has 1 fully saturated rings. The van der Waals surface area contributed by atoms with Gasteiger partial charge < -0.3 is 15.6 Å². The fourth-order valence-electron chi connectivity index (χ4n) is 3.04. The van der Waals surface area contributed by atoms with Gasteiger partial charge >= 0.3 is 0 Å². The SMILES string of the molecule is O=C(NC1CCNCC1)c1c[nH]c2cnc(-c3ccccc3)nc12. The van der Waals surface area contributed by atoms with Crippen LogP contribution < -0.4 is 10.6 Å². The number of hydrogen-bond donors (Lipinski definition) is 3. The van der Waals surface area contributed by atoms with E-state index in [4.69, 9.17) is 0 Å². The first-order chi connectivity index (χ1) is 11.8. The Morgan fingerprint density at radius 1 is 1.17 bits per heavy atom. The third kappa shape index (κ3) is 2.88. The zero-order valence-electron chi connectivity index (χ0n) is 13.2. The summed E-state index contributed by atoms with van der Waals surface area (Å²) in [4.78, 5) is 24.7. The molecule has 1 saturated heterocycles. The van der Waals surface area contributed by atoms with E-state index in [0.29, 0.717) is 16.9 Å². The van der Waals surface area contributed by atoms with E-state index in [2.05, 4.69) is 25.6 Å². The van der Waals surface area contributed by atoms with Crippen LogP contribution in [0.1, 0.15) is 23.2 Å². The summed E-state index contributed by atoms with van der Waals surface area (Å²) in [7, 11) is 0. The van der Waals surface area contributed by atoms with Crippen molar-refractivity contribution in [2.75, 3.05) is 13.1 Å². The molecular formula is C18H19N5O. The van der Waals surface area contributed by atoms with Crippen LogP contribution in [0.15, 0.2) is 42.7 Å². The van der Waals surface area contributed by atoms with Crippen molar-refractivity contribution in [3.05, 3.63) is 48.3 Å². The maximum atomic E-state index is 12.6. The topological polar surface area (TPSA) is 82.7 Å². The summed E-state index contributed by atoms with van der Waals surface area (Å²) in [6.45, 7) is 1.89. The lowest BCUT2D eigenvalue weighted by Crippen LogP contribution is -2.42. The first kappa shape index (κ1) is 14.8. The molecule has 0 spiro atoms. The molecule has 2 aromatic heterocycles. The Morgan fingerprint density at radius 3 is 2.75 bits per heavy atom. The van der Waals surface area contributed by atoms with Crippen LogP contribution in [0, 0.1) is 0 Å². The third-order valence-electron chi connectivity index (χ3n) is 4.37. The Labute approximate surface area is 139 Å². The van der Waals surface area contributed by atoms with Crippen LogP contribution >= 0.6 is 0 Å². The van der Waals surface area contributed by atoms with Gasteiger partial charge in [-0.15, -0.1) is 0 Å². The van der Waals surface area contributed by atoms with E-state index >= 15 is 0 Å². The van der Waals surface area contributed by atoms with Crippen molar-refractivity contribution in [2.24, 2.45) is 0 Å². The van der Waals surface area contributed by atoms with Crippen LogP contribution in [0.25, 0.3) is 22.4 Å². The molecule has 0 atom stereocenters. The summed E-state index contributed by atoms with van der Waals surface area (Å²) >= 11 is 0. The summed E-state index contributed by atoms with van der Waals surface area (Å²) in [5.74, 6) is 0.546. The highest BCUT2D eigenvalue weighted by Gasteiger charge is 2.19. The van der Waals surface area contributed by atoms with Crippen molar-refractivity contribution in [3.63, 3.8) is 0 Å². The van der Waals surface area contributed by atoms with Gasteiger partial charge in [0, 0.05) is 17.8 Å². The maximum Gasteiger partial charge on any atom is 0.255 e. The molecular weight excluding hydrogens is 302 g/mol.